The standard InChI is InChI=1S/C17H14F4N2O3.C7H9NO3S/c18-12-3-1-2-11(17(19,20)21)14(12)15(24)23-10-6-4-9(5-7-10)8-13(22)16(25)26;1-4(9)8-3-5(12)2-6(8)7(10)11/h1-7,13H,8,22H2,(H,23,24)(H,25,26);6H,2-3H2,1H3,(H,10,11)/t13-;6-/m00/s1. The number of hydrogen-bond donors (Lipinski definition) is 4. The number of carbonyl (C=O) groups excluding carboxylic acids is 2. The Balaban J connectivity index is 0.000000352. The van der Waals surface area contributed by atoms with E-state index in [2.05, 4.69) is 5.32 Å². The molecular weight excluding hydrogens is 534 g/mol. The van der Waals surface area contributed by atoms with Crippen LogP contribution in [-0.4, -0.2) is 62.4 Å². The molecule has 38 heavy (non-hydrogen) atoms. The molecule has 0 bridgehead atoms. The first-order valence-corrected chi connectivity index (χ1v) is 11.3. The third kappa shape index (κ3) is 8.05. The highest BCUT2D eigenvalue weighted by Gasteiger charge is 2.37. The summed E-state index contributed by atoms with van der Waals surface area (Å²) in [5, 5.41) is 19.6. The Morgan fingerprint density at radius 1 is 1.13 bits per heavy atom. The summed E-state index contributed by atoms with van der Waals surface area (Å²) in [6, 6.07) is 6.04. The predicted molar refractivity (Wildman–Crippen MR) is 131 cm³/mol. The highest BCUT2D eigenvalue weighted by molar-refractivity contribution is 7.80. The quantitative estimate of drug-likeness (QED) is 0.313. The summed E-state index contributed by atoms with van der Waals surface area (Å²) in [7, 11) is 0. The van der Waals surface area contributed by atoms with Crippen LogP contribution < -0.4 is 11.1 Å². The van der Waals surface area contributed by atoms with E-state index in [0.717, 1.165) is 12.1 Å². The maximum absolute atomic E-state index is 13.8. The normalized spacial score (nSPS) is 15.8. The number of nitrogens with two attached hydrogens (primary N) is 1. The summed E-state index contributed by atoms with van der Waals surface area (Å²) in [6.07, 6.45) is -4.54. The lowest BCUT2D eigenvalue weighted by Gasteiger charge is -2.18. The van der Waals surface area contributed by atoms with E-state index >= 15 is 0 Å². The average Bonchev–Trinajstić information content (AvgIpc) is 3.22. The van der Waals surface area contributed by atoms with Gasteiger partial charge in [-0.3, -0.25) is 14.4 Å². The molecule has 0 spiro atoms. The maximum Gasteiger partial charge on any atom is 0.417 e. The molecule has 1 aliphatic rings. The largest absolute Gasteiger partial charge is 0.480 e. The molecule has 0 aliphatic carbocycles. The summed E-state index contributed by atoms with van der Waals surface area (Å²) in [6.45, 7) is 1.66. The highest BCUT2D eigenvalue weighted by atomic mass is 32.1. The number of nitrogens with zero attached hydrogens (tertiary/aromatic N) is 1. The van der Waals surface area contributed by atoms with Crippen molar-refractivity contribution >= 4 is 46.5 Å². The number of likely N-dealkylation sites (tertiary alicyclic amines) is 1. The highest BCUT2D eigenvalue weighted by Crippen LogP contribution is 2.33. The molecule has 14 heteroatoms. The number of benzene rings is 2. The van der Waals surface area contributed by atoms with E-state index in [4.69, 9.17) is 28.2 Å². The molecule has 2 amide bonds. The first-order valence-electron chi connectivity index (χ1n) is 10.9. The van der Waals surface area contributed by atoms with Crippen LogP contribution in [0, 0.1) is 5.82 Å². The fourth-order valence-corrected chi connectivity index (χ4v) is 3.79. The van der Waals surface area contributed by atoms with Gasteiger partial charge in [-0.1, -0.05) is 30.4 Å². The first kappa shape index (κ1) is 30.3. The molecule has 0 unspecified atom stereocenters. The van der Waals surface area contributed by atoms with Crippen LogP contribution >= 0.6 is 12.2 Å². The van der Waals surface area contributed by atoms with Crippen molar-refractivity contribution in [3.05, 3.63) is 65.0 Å². The van der Waals surface area contributed by atoms with E-state index in [1.54, 1.807) is 0 Å². The number of halogens is 4. The Kier molecular flexibility index (Phi) is 10.0. The molecule has 9 nitrogen and oxygen atoms in total. The lowest BCUT2D eigenvalue weighted by molar-refractivity contribution is -0.147. The Bertz CT molecular complexity index is 1210. The van der Waals surface area contributed by atoms with Gasteiger partial charge in [-0.25, -0.2) is 9.18 Å². The van der Waals surface area contributed by atoms with Crippen LogP contribution in [0.25, 0.3) is 0 Å². The van der Waals surface area contributed by atoms with Gasteiger partial charge in [-0.2, -0.15) is 13.2 Å². The van der Waals surface area contributed by atoms with Crippen molar-refractivity contribution < 1.29 is 47.0 Å². The molecule has 1 aliphatic heterocycles. The molecular formula is C24H23F4N3O6S. The summed E-state index contributed by atoms with van der Waals surface area (Å²) in [4.78, 5) is 46.3. The van der Waals surface area contributed by atoms with Crippen molar-refractivity contribution in [1.29, 1.82) is 0 Å². The fraction of sp³-hybridized carbons (Fsp3) is 0.292. The zero-order valence-corrected chi connectivity index (χ0v) is 20.6. The van der Waals surface area contributed by atoms with E-state index in [1.807, 2.05) is 0 Å². The molecule has 2 aromatic rings. The van der Waals surface area contributed by atoms with Gasteiger partial charge in [0.15, 0.2) is 0 Å². The molecule has 3 rings (SSSR count). The van der Waals surface area contributed by atoms with Crippen LogP contribution in [0.1, 0.15) is 34.8 Å². The van der Waals surface area contributed by atoms with Crippen molar-refractivity contribution in [2.75, 3.05) is 11.9 Å². The number of hydrogen-bond acceptors (Lipinski definition) is 6. The molecule has 1 fully saturated rings. The molecule has 204 valence electrons. The second-order valence-electron chi connectivity index (χ2n) is 8.20. The zero-order chi connectivity index (χ0) is 28.8. The maximum atomic E-state index is 13.8. The number of anilines is 1. The average molecular weight is 558 g/mol. The van der Waals surface area contributed by atoms with E-state index in [-0.39, 0.29) is 18.0 Å². The topological polar surface area (TPSA) is 150 Å². The number of aliphatic carboxylic acids is 2. The van der Waals surface area contributed by atoms with Crippen molar-refractivity contribution in [2.24, 2.45) is 5.73 Å². The van der Waals surface area contributed by atoms with Crippen LogP contribution in [0.3, 0.4) is 0 Å². The van der Waals surface area contributed by atoms with Gasteiger partial charge in [-0.15, -0.1) is 0 Å². The fourth-order valence-electron chi connectivity index (χ4n) is 3.49. The molecule has 1 heterocycles. The molecule has 0 aromatic heterocycles. The van der Waals surface area contributed by atoms with E-state index in [9.17, 15) is 36.7 Å². The second-order valence-corrected chi connectivity index (χ2v) is 8.78. The Morgan fingerprint density at radius 3 is 2.21 bits per heavy atom. The van der Waals surface area contributed by atoms with Crippen molar-refractivity contribution in [2.45, 2.75) is 38.0 Å². The van der Waals surface area contributed by atoms with Crippen molar-refractivity contribution in [3.8, 4) is 0 Å². The van der Waals surface area contributed by atoms with Crippen LogP contribution in [0.15, 0.2) is 42.5 Å². The zero-order valence-electron chi connectivity index (χ0n) is 19.8. The number of rotatable bonds is 6. The van der Waals surface area contributed by atoms with Gasteiger partial charge in [-0.05, 0) is 36.2 Å². The minimum atomic E-state index is -4.88. The molecule has 2 aromatic carbocycles. The van der Waals surface area contributed by atoms with E-state index in [0.29, 0.717) is 29.5 Å². The number of thiocarbonyl (C=S) groups is 1. The first-order chi connectivity index (χ1) is 17.6. The van der Waals surface area contributed by atoms with Gasteiger partial charge in [0.1, 0.15) is 17.9 Å². The van der Waals surface area contributed by atoms with Gasteiger partial charge < -0.3 is 26.2 Å². The van der Waals surface area contributed by atoms with Crippen LogP contribution in [-0.2, 0) is 27.0 Å². The number of carbonyl (C=O) groups is 4. The lowest BCUT2D eigenvalue weighted by Crippen LogP contribution is -2.39. The number of carboxylic acids is 2. The Hall–Kier alpha value is -3.91. The number of nitrogens with one attached hydrogen (secondary N) is 1. The van der Waals surface area contributed by atoms with E-state index < -0.39 is 53.0 Å². The number of alkyl halides is 3. The molecule has 0 radical (unpaired) electrons. The van der Waals surface area contributed by atoms with E-state index in [1.165, 1.54) is 36.1 Å². The van der Waals surface area contributed by atoms with Gasteiger partial charge in [0.2, 0.25) is 5.91 Å². The summed E-state index contributed by atoms with van der Waals surface area (Å²) < 4.78 is 52.7. The molecule has 0 saturated carbocycles. The van der Waals surface area contributed by atoms with Crippen molar-refractivity contribution in [3.63, 3.8) is 0 Å². The van der Waals surface area contributed by atoms with Crippen LogP contribution in [0.2, 0.25) is 0 Å². The number of carboxylic acid groups (broad SMARTS) is 2. The second kappa shape index (κ2) is 12.6. The van der Waals surface area contributed by atoms with Crippen LogP contribution in [0.4, 0.5) is 23.2 Å². The molecule has 1 saturated heterocycles. The van der Waals surface area contributed by atoms with Gasteiger partial charge >= 0.3 is 18.1 Å². The summed E-state index contributed by atoms with van der Waals surface area (Å²) in [5.41, 5.74) is 3.60. The van der Waals surface area contributed by atoms with Gasteiger partial charge in [0.25, 0.3) is 5.91 Å². The Labute approximate surface area is 219 Å². The smallest absolute Gasteiger partial charge is 0.417 e. The third-order valence-corrected chi connectivity index (χ3v) is 5.66. The monoisotopic (exact) mass is 557 g/mol. The van der Waals surface area contributed by atoms with Gasteiger partial charge in [0.05, 0.1) is 17.7 Å². The third-order valence-electron chi connectivity index (χ3n) is 5.36. The van der Waals surface area contributed by atoms with Gasteiger partial charge in [0, 0.05) is 23.9 Å². The lowest BCUT2D eigenvalue weighted by atomic mass is 10.0. The summed E-state index contributed by atoms with van der Waals surface area (Å²) >= 11 is 4.85. The summed E-state index contributed by atoms with van der Waals surface area (Å²) in [5.74, 6) is -4.93. The molecule has 5 N–H and O–H groups in total. The Morgan fingerprint density at radius 2 is 1.74 bits per heavy atom. The SMILES string of the molecule is CC(=O)N1CC(=S)C[C@H]1C(=O)O.N[C@@H](Cc1ccc(NC(=O)c2c(F)cccc2C(F)(F)F)cc1)C(=O)O. The van der Waals surface area contributed by atoms with Crippen molar-refractivity contribution in [1.82, 2.24) is 4.90 Å². The minimum absolute atomic E-state index is 0.0368. The van der Waals surface area contributed by atoms with Crippen LogP contribution in [0.5, 0.6) is 0 Å². The predicted octanol–water partition coefficient (Wildman–Crippen LogP) is 3.11. The number of amides is 2. The minimum Gasteiger partial charge on any atom is -0.480 e. The molecule has 2 atom stereocenters.